The number of carbonyl (C=O) groups excluding carboxylic acids is 1. The lowest BCUT2D eigenvalue weighted by molar-refractivity contribution is 0.0524. The third kappa shape index (κ3) is 6.16. The van der Waals surface area contributed by atoms with Gasteiger partial charge in [0.05, 0.1) is 6.20 Å². The SMILES string of the molecule is CC(C)(C)OC(=O)NCC(N)Cc1cc(F)cnc1Cl. The van der Waals surface area contributed by atoms with Crippen LogP contribution in [0.5, 0.6) is 0 Å². The zero-order valence-corrected chi connectivity index (χ0v) is 12.5. The van der Waals surface area contributed by atoms with E-state index in [1.165, 1.54) is 6.07 Å². The van der Waals surface area contributed by atoms with Gasteiger partial charge in [-0.05, 0) is 38.8 Å². The average Bonchev–Trinajstić information content (AvgIpc) is 2.29. The van der Waals surface area contributed by atoms with Gasteiger partial charge in [0.1, 0.15) is 16.6 Å². The molecule has 0 aliphatic heterocycles. The topological polar surface area (TPSA) is 77.2 Å². The summed E-state index contributed by atoms with van der Waals surface area (Å²) in [7, 11) is 0. The van der Waals surface area contributed by atoms with E-state index in [0.717, 1.165) is 6.20 Å². The number of nitrogens with zero attached hydrogens (tertiary/aromatic N) is 1. The molecule has 0 spiro atoms. The number of rotatable bonds is 4. The van der Waals surface area contributed by atoms with Crippen LogP contribution in [-0.2, 0) is 11.2 Å². The van der Waals surface area contributed by atoms with Gasteiger partial charge in [-0.25, -0.2) is 14.2 Å². The Balaban J connectivity index is 2.46. The van der Waals surface area contributed by atoms with Crippen molar-refractivity contribution in [1.29, 1.82) is 0 Å². The smallest absolute Gasteiger partial charge is 0.407 e. The number of nitrogens with one attached hydrogen (secondary N) is 1. The second-order valence-electron chi connectivity index (χ2n) is 5.45. The number of ether oxygens (including phenoxy) is 1. The second-order valence-corrected chi connectivity index (χ2v) is 5.81. The van der Waals surface area contributed by atoms with Gasteiger partial charge in [-0.2, -0.15) is 0 Å². The van der Waals surface area contributed by atoms with Crippen LogP contribution in [0.1, 0.15) is 26.3 Å². The summed E-state index contributed by atoms with van der Waals surface area (Å²) >= 11 is 5.84. The van der Waals surface area contributed by atoms with Gasteiger partial charge in [-0.3, -0.25) is 0 Å². The molecule has 0 saturated heterocycles. The van der Waals surface area contributed by atoms with E-state index >= 15 is 0 Å². The van der Waals surface area contributed by atoms with E-state index in [-0.39, 0.29) is 11.7 Å². The van der Waals surface area contributed by atoms with Crippen LogP contribution in [0.4, 0.5) is 9.18 Å². The number of nitrogens with two attached hydrogens (primary N) is 1. The first-order valence-corrected chi connectivity index (χ1v) is 6.57. The lowest BCUT2D eigenvalue weighted by Gasteiger charge is -2.20. The van der Waals surface area contributed by atoms with Crippen molar-refractivity contribution >= 4 is 17.7 Å². The predicted octanol–water partition coefficient (Wildman–Crippen LogP) is 2.27. The van der Waals surface area contributed by atoms with Crippen LogP contribution in [0.3, 0.4) is 0 Å². The molecule has 112 valence electrons. The quantitative estimate of drug-likeness (QED) is 0.837. The summed E-state index contributed by atoms with van der Waals surface area (Å²) in [4.78, 5) is 15.1. The van der Waals surface area contributed by atoms with Gasteiger partial charge in [-0.1, -0.05) is 11.6 Å². The molecule has 0 radical (unpaired) electrons. The number of carbonyl (C=O) groups is 1. The van der Waals surface area contributed by atoms with Crippen molar-refractivity contribution in [3.05, 3.63) is 28.8 Å². The van der Waals surface area contributed by atoms with E-state index in [2.05, 4.69) is 10.3 Å². The fraction of sp³-hybridized carbons (Fsp3) is 0.538. The highest BCUT2D eigenvalue weighted by Gasteiger charge is 2.17. The van der Waals surface area contributed by atoms with E-state index in [1.54, 1.807) is 20.8 Å². The molecule has 5 nitrogen and oxygen atoms in total. The molecule has 1 atom stereocenters. The molecule has 1 aromatic rings. The van der Waals surface area contributed by atoms with Crippen molar-refractivity contribution in [2.24, 2.45) is 5.73 Å². The molecule has 1 aromatic heterocycles. The molecule has 1 heterocycles. The Kier molecular flexibility index (Phi) is 5.71. The van der Waals surface area contributed by atoms with Gasteiger partial charge in [0.2, 0.25) is 0 Å². The minimum atomic E-state index is -0.566. The average molecular weight is 304 g/mol. The van der Waals surface area contributed by atoms with Crippen LogP contribution in [0, 0.1) is 5.82 Å². The fourth-order valence-corrected chi connectivity index (χ4v) is 1.67. The Morgan fingerprint density at radius 1 is 1.60 bits per heavy atom. The van der Waals surface area contributed by atoms with Crippen LogP contribution in [0.2, 0.25) is 5.15 Å². The molecule has 0 bridgehead atoms. The third-order valence-electron chi connectivity index (χ3n) is 2.27. The van der Waals surface area contributed by atoms with E-state index in [4.69, 9.17) is 22.1 Å². The van der Waals surface area contributed by atoms with Crippen LogP contribution >= 0.6 is 11.6 Å². The highest BCUT2D eigenvalue weighted by atomic mass is 35.5. The number of alkyl carbamates (subject to hydrolysis) is 1. The van der Waals surface area contributed by atoms with Gasteiger partial charge in [0.15, 0.2) is 0 Å². The Labute approximate surface area is 122 Å². The normalized spacial score (nSPS) is 12.9. The third-order valence-corrected chi connectivity index (χ3v) is 2.61. The van der Waals surface area contributed by atoms with Gasteiger partial charge >= 0.3 is 6.09 Å². The van der Waals surface area contributed by atoms with E-state index < -0.39 is 23.6 Å². The first-order chi connectivity index (χ1) is 9.17. The standard InChI is InChI=1S/C13H19ClFN3O2/c1-13(2,3)20-12(19)18-7-10(16)5-8-4-9(15)6-17-11(8)14/h4,6,10H,5,7,16H2,1-3H3,(H,18,19). The van der Waals surface area contributed by atoms with Crippen LogP contribution in [-0.4, -0.2) is 29.3 Å². The monoisotopic (exact) mass is 303 g/mol. The lowest BCUT2D eigenvalue weighted by atomic mass is 10.1. The Hall–Kier alpha value is -1.40. The number of pyridine rings is 1. The molecule has 7 heteroatoms. The second kappa shape index (κ2) is 6.85. The number of halogens is 2. The highest BCUT2D eigenvalue weighted by molar-refractivity contribution is 6.30. The maximum atomic E-state index is 13.0. The predicted molar refractivity (Wildman–Crippen MR) is 75.1 cm³/mol. The van der Waals surface area contributed by atoms with Gasteiger partial charge in [0, 0.05) is 12.6 Å². The summed E-state index contributed by atoms with van der Waals surface area (Å²) in [6.07, 6.45) is 0.798. The lowest BCUT2D eigenvalue weighted by Crippen LogP contribution is -2.41. The fourth-order valence-electron chi connectivity index (χ4n) is 1.49. The van der Waals surface area contributed by atoms with E-state index in [0.29, 0.717) is 12.0 Å². The Morgan fingerprint density at radius 3 is 2.85 bits per heavy atom. The van der Waals surface area contributed by atoms with Crippen molar-refractivity contribution in [3.63, 3.8) is 0 Å². The molecule has 20 heavy (non-hydrogen) atoms. The first kappa shape index (κ1) is 16.7. The molecular weight excluding hydrogens is 285 g/mol. The van der Waals surface area contributed by atoms with Crippen LogP contribution < -0.4 is 11.1 Å². The summed E-state index contributed by atoms with van der Waals surface area (Å²) in [5.74, 6) is -0.475. The summed E-state index contributed by atoms with van der Waals surface area (Å²) in [5, 5.41) is 2.76. The largest absolute Gasteiger partial charge is 0.444 e. The molecular formula is C13H19ClFN3O2. The van der Waals surface area contributed by atoms with E-state index in [1.807, 2.05) is 0 Å². The molecule has 1 rings (SSSR count). The number of hydrogen-bond donors (Lipinski definition) is 2. The molecule has 1 amide bonds. The van der Waals surface area contributed by atoms with Crippen molar-refractivity contribution in [1.82, 2.24) is 10.3 Å². The van der Waals surface area contributed by atoms with Gasteiger partial charge in [-0.15, -0.1) is 0 Å². The van der Waals surface area contributed by atoms with Crippen LogP contribution in [0.15, 0.2) is 12.3 Å². The molecule has 3 N–H and O–H groups in total. The molecule has 0 fully saturated rings. The highest BCUT2D eigenvalue weighted by Crippen LogP contribution is 2.15. The molecule has 0 aromatic carbocycles. The zero-order chi connectivity index (χ0) is 15.3. The van der Waals surface area contributed by atoms with Gasteiger partial charge < -0.3 is 15.8 Å². The van der Waals surface area contributed by atoms with E-state index in [9.17, 15) is 9.18 Å². The van der Waals surface area contributed by atoms with Crippen LogP contribution in [0.25, 0.3) is 0 Å². The van der Waals surface area contributed by atoms with Gasteiger partial charge in [0.25, 0.3) is 0 Å². The van der Waals surface area contributed by atoms with Crippen molar-refractivity contribution in [2.75, 3.05) is 6.54 Å². The molecule has 0 saturated carbocycles. The van der Waals surface area contributed by atoms with Crippen molar-refractivity contribution in [2.45, 2.75) is 38.8 Å². The minimum absolute atomic E-state index is 0.196. The Bertz CT molecular complexity index is 477. The summed E-state index contributed by atoms with van der Waals surface area (Å²) in [6.45, 7) is 5.50. The molecule has 1 unspecified atom stereocenters. The Morgan fingerprint density at radius 2 is 2.25 bits per heavy atom. The summed E-state index contributed by atoms with van der Waals surface area (Å²) in [6, 6.07) is 0.867. The molecule has 0 aliphatic carbocycles. The number of amides is 1. The van der Waals surface area contributed by atoms with Crippen molar-refractivity contribution < 1.29 is 13.9 Å². The maximum Gasteiger partial charge on any atom is 0.407 e. The summed E-state index contributed by atoms with van der Waals surface area (Å²) in [5.41, 5.74) is 5.80. The minimum Gasteiger partial charge on any atom is -0.444 e. The zero-order valence-electron chi connectivity index (χ0n) is 11.7. The maximum absolute atomic E-state index is 13.0. The first-order valence-electron chi connectivity index (χ1n) is 6.20. The number of hydrogen-bond acceptors (Lipinski definition) is 4. The molecule has 0 aliphatic rings. The number of aromatic nitrogens is 1. The van der Waals surface area contributed by atoms with Crippen molar-refractivity contribution in [3.8, 4) is 0 Å². The summed E-state index contributed by atoms with van der Waals surface area (Å²) < 4.78 is 18.1.